The van der Waals surface area contributed by atoms with Crippen LogP contribution in [0.4, 0.5) is 13.2 Å². The van der Waals surface area contributed by atoms with Gasteiger partial charge in [-0.3, -0.25) is 0 Å². The van der Waals surface area contributed by atoms with Gasteiger partial charge >= 0.3 is 18.1 Å². The second-order valence-corrected chi connectivity index (χ2v) is 11.4. The number of esters is 2. The van der Waals surface area contributed by atoms with Crippen molar-refractivity contribution in [1.29, 1.82) is 0 Å². The van der Waals surface area contributed by atoms with Gasteiger partial charge in [0.05, 0.1) is 11.1 Å². The number of rotatable bonds is 19. The first-order valence-corrected chi connectivity index (χ1v) is 16.2. The quantitative estimate of drug-likeness (QED) is 0.0749. The monoisotopic (exact) mass is 626 g/mol. The van der Waals surface area contributed by atoms with Crippen LogP contribution in [0.3, 0.4) is 0 Å². The molecular formula is C36H45F3N2O4. The third kappa shape index (κ3) is 12.6. The van der Waals surface area contributed by atoms with Crippen molar-refractivity contribution in [3.05, 3.63) is 77.6 Å². The van der Waals surface area contributed by atoms with Crippen LogP contribution in [0.5, 0.6) is 5.75 Å². The molecule has 1 aromatic heterocycles. The Bertz CT molecular complexity index is 1290. The van der Waals surface area contributed by atoms with E-state index < -0.39 is 24.2 Å². The van der Waals surface area contributed by atoms with Crippen molar-refractivity contribution in [2.45, 2.75) is 116 Å². The van der Waals surface area contributed by atoms with Gasteiger partial charge in [0.25, 0.3) is 0 Å². The normalized spacial score (nSPS) is 12.1. The van der Waals surface area contributed by atoms with Crippen molar-refractivity contribution in [2.24, 2.45) is 0 Å². The molecule has 1 atom stereocenters. The van der Waals surface area contributed by atoms with E-state index in [1.54, 1.807) is 0 Å². The van der Waals surface area contributed by atoms with Gasteiger partial charge in [-0.05, 0) is 55.5 Å². The predicted octanol–water partition coefficient (Wildman–Crippen LogP) is 10.1. The van der Waals surface area contributed by atoms with Crippen molar-refractivity contribution in [3.63, 3.8) is 0 Å². The van der Waals surface area contributed by atoms with Gasteiger partial charge in [0.15, 0.2) is 11.9 Å². The van der Waals surface area contributed by atoms with Gasteiger partial charge in [0.2, 0.25) is 0 Å². The predicted molar refractivity (Wildman–Crippen MR) is 169 cm³/mol. The van der Waals surface area contributed by atoms with Crippen molar-refractivity contribution in [1.82, 2.24) is 9.97 Å². The molecule has 244 valence electrons. The van der Waals surface area contributed by atoms with Crippen LogP contribution in [0.25, 0.3) is 11.4 Å². The molecule has 0 aliphatic heterocycles. The Morgan fingerprint density at radius 1 is 0.689 bits per heavy atom. The molecule has 0 aliphatic carbocycles. The molecule has 2 aromatic carbocycles. The Balaban J connectivity index is 1.47. The van der Waals surface area contributed by atoms with Crippen LogP contribution in [0.2, 0.25) is 0 Å². The number of hydrogen-bond acceptors (Lipinski definition) is 6. The molecule has 0 radical (unpaired) electrons. The fourth-order valence-electron chi connectivity index (χ4n) is 4.93. The zero-order valence-electron chi connectivity index (χ0n) is 26.4. The molecule has 3 rings (SSSR count). The van der Waals surface area contributed by atoms with Crippen molar-refractivity contribution < 1.29 is 32.2 Å². The van der Waals surface area contributed by atoms with Crippen LogP contribution < -0.4 is 4.74 Å². The molecule has 0 amide bonds. The van der Waals surface area contributed by atoms with E-state index in [-0.39, 0.29) is 23.3 Å². The molecule has 0 fully saturated rings. The highest BCUT2D eigenvalue weighted by Gasteiger charge is 2.42. The van der Waals surface area contributed by atoms with Gasteiger partial charge in [0, 0.05) is 18.0 Å². The minimum absolute atomic E-state index is 0.0749. The van der Waals surface area contributed by atoms with Crippen LogP contribution in [-0.4, -0.2) is 34.2 Å². The molecule has 0 spiro atoms. The van der Waals surface area contributed by atoms with Gasteiger partial charge in [-0.15, -0.1) is 0 Å². The molecule has 0 bridgehead atoms. The molecule has 9 heteroatoms. The molecule has 1 heterocycles. The molecule has 3 aromatic rings. The summed E-state index contributed by atoms with van der Waals surface area (Å²) in [5, 5.41) is 0. The van der Waals surface area contributed by atoms with Crippen molar-refractivity contribution in [2.75, 3.05) is 0 Å². The van der Waals surface area contributed by atoms with Crippen LogP contribution in [0.15, 0.2) is 60.9 Å². The molecule has 0 saturated heterocycles. The third-order valence-electron chi connectivity index (χ3n) is 7.65. The summed E-state index contributed by atoms with van der Waals surface area (Å²) in [6.07, 6.45) is 9.66. The average molecular weight is 627 g/mol. The van der Waals surface area contributed by atoms with Crippen molar-refractivity contribution in [3.8, 4) is 17.1 Å². The summed E-state index contributed by atoms with van der Waals surface area (Å²) in [5.74, 6) is -1.20. The second kappa shape index (κ2) is 18.9. The zero-order chi connectivity index (χ0) is 32.5. The molecule has 1 unspecified atom stereocenters. The van der Waals surface area contributed by atoms with Gasteiger partial charge in [-0.25, -0.2) is 19.6 Å². The second-order valence-electron chi connectivity index (χ2n) is 11.4. The minimum atomic E-state index is -4.65. The van der Waals surface area contributed by atoms with Gasteiger partial charge in [-0.2, -0.15) is 13.2 Å². The summed E-state index contributed by atoms with van der Waals surface area (Å²) in [4.78, 5) is 33.6. The zero-order valence-corrected chi connectivity index (χ0v) is 26.4. The number of aromatic nitrogens is 2. The van der Waals surface area contributed by atoms with E-state index in [2.05, 4.69) is 29.0 Å². The Hall–Kier alpha value is -3.75. The number of benzene rings is 2. The summed E-state index contributed by atoms with van der Waals surface area (Å²) in [6.45, 7) is 4.20. The topological polar surface area (TPSA) is 78.4 Å². The molecular weight excluding hydrogens is 581 g/mol. The Morgan fingerprint density at radius 2 is 1.24 bits per heavy atom. The molecule has 0 aliphatic rings. The van der Waals surface area contributed by atoms with E-state index in [0.29, 0.717) is 18.7 Å². The van der Waals surface area contributed by atoms with Crippen LogP contribution >= 0.6 is 0 Å². The standard InChI is InChI=1S/C36H45F3N2O4/c1-3-5-7-9-10-11-12-13-15-27-17-19-28(20-18-27)33-40-25-30(26-41-33)35(43)44-31-23-21-29(22-24-31)34(42)45-32(36(37,38)39)16-14-8-6-4-2/h17-26,32H,3-16H2,1-2H3. The highest BCUT2D eigenvalue weighted by Crippen LogP contribution is 2.28. The highest BCUT2D eigenvalue weighted by atomic mass is 19.4. The van der Waals surface area contributed by atoms with E-state index in [0.717, 1.165) is 24.8 Å². The molecule has 0 saturated carbocycles. The lowest BCUT2D eigenvalue weighted by Gasteiger charge is -2.20. The van der Waals surface area contributed by atoms with Crippen molar-refractivity contribution >= 4 is 11.9 Å². The van der Waals surface area contributed by atoms with E-state index in [1.165, 1.54) is 93.6 Å². The van der Waals surface area contributed by atoms with E-state index >= 15 is 0 Å². The maximum atomic E-state index is 13.4. The molecule has 45 heavy (non-hydrogen) atoms. The first-order valence-electron chi connectivity index (χ1n) is 16.2. The number of carbonyl (C=O) groups excluding carboxylic acids is 2. The summed E-state index contributed by atoms with van der Waals surface area (Å²) in [5.41, 5.74) is 2.16. The van der Waals surface area contributed by atoms with E-state index in [1.807, 2.05) is 19.1 Å². The van der Waals surface area contributed by atoms with E-state index in [4.69, 9.17) is 9.47 Å². The number of halogens is 3. The number of alkyl halides is 3. The van der Waals surface area contributed by atoms with E-state index in [9.17, 15) is 22.8 Å². The van der Waals surface area contributed by atoms with Crippen LogP contribution in [0, 0.1) is 0 Å². The first-order chi connectivity index (χ1) is 21.7. The van der Waals surface area contributed by atoms with Gasteiger partial charge in [0.1, 0.15) is 5.75 Å². The number of hydrogen-bond donors (Lipinski definition) is 0. The van der Waals surface area contributed by atoms with Crippen LogP contribution in [-0.2, 0) is 11.2 Å². The Kier molecular flexibility index (Phi) is 15.0. The Labute approximate surface area is 264 Å². The minimum Gasteiger partial charge on any atom is -0.449 e. The summed E-state index contributed by atoms with van der Waals surface area (Å²) in [7, 11) is 0. The summed E-state index contributed by atoms with van der Waals surface area (Å²) < 4.78 is 50.2. The lowest BCUT2D eigenvalue weighted by atomic mass is 10.0. The Morgan fingerprint density at radius 3 is 1.82 bits per heavy atom. The molecule has 0 N–H and O–H groups in total. The summed E-state index contributed by atoms with van der Waals surface area (Å²) >= 11 is 0. The maximum Gasteiger partial charge on any atom is 0.425 e. The number of carbonyl (C=O) groups is 2. The molecule has 6 nitrogen and oxygen atoms in total. The lowest BCUT2D eigenvalue weighted by Crippen LogP contribution is -2.33. The lowest BCUT2D eigenvalue weighted by molar-refractivity contribution is -0.206. The average Bonchev–Trinajstić information content (AvgIpc) is 3.04. The fourth-order valence-corrected chi connectivity index (χ4v) is 4.93. The SMILES string of the molecule is CCCCCCCCCCc1ccc(-c2ncc(C(=O)Oc3ccc(C(=O)OC(CCCCCC)C(F)(F)F)cc3)cn2)cc1. The largest absolute Gasteiger partial charge is 0.449 e. The smallest absolute Gasteiger partial charge is 0.425 e. The number of ether oxygens (including phenoxy) is 2. The maximum absolute atomic E-state index is 13.4. The number of nitrogens with zero attached hydrogens (tertiary/aromatic N) is 2. The van der Waals surface area contributed by atoms with Gasteiger partial charge in [-0.1, -0.05) is 102 Å². The first kappa shape index (κ1) is 35.7. The van der Waals surface area contributed by atoms with Gasteiger partial charge < -0.3 is 9.47 Å². The van der Waals surface area contributed by atoms with Crippen LogP contribution in [0.1, 0.15) is 124 Å². The fraction of sp³-hybridized carbons (Fsp3) is 0.500. The number of unbranched alkanes of at least 4 members (excludes halogenated alkanes) is 10. The third-order valence-corrected chi connectivity index (χ3v) is 7.65. The summed E-state index contributed by atoms with van der Waals surface area (Å²) in [6, 6.07) is 13.3. The highest BCUT2D eigenvalue weighted by molar-refractivity contribution is 5.91. The number of aryl methyl sites for hydroxylation is 1.